The predicted octanol–water partition coefficient (Wildman–Crippen LogP) is 1.57. The molecule has 0 aromatic carbocycles. The van der Waals surface area contributed by atoms with Crippen molar-refractivity contribution in [2.45, 2.75) is 13.3 Å². The van der Waals surface area contributed by atoms with Gasteiger partial charge < -0.3 is 0 Å². The van der Waals surface area contributed by atoms with Crippen molar-refractivity contribution in [2.24, 2.45) is 4.99 Å². The first-order chi connectivity index (χ1) is 7.22. The van der Waals surface area contributed by atoms with Crippen molar-refractivity contribution in [1.29, 1.82) is 0 Å². The van der Waals surface area contributed by atoms with Gasteiger partial charge in [0, 0.05) is 12.6 Å². The topological polar surface area (TPSA) is 57.6 Å². The lowest BCUT2D eigenvalue weighted by Crippen LogP contribution is -2.46. The zero-order valence-electron chi connectivity index (χ0n) is 8.07. The van der Waals surface area contributed by atoms with Crippen LogP contribution in [0.4, 0.5) is 11.5 Å². The summed E-state index contributed by atoms with van der Waals surface area (Å²) >= 11 is 5.75. The van der Waals surface area contributed by atoms with Gasteiger partial charge in [0.05, 0.1) is 0 Å². The minimum atomic E-state index is -0.0858. The molecule has 1 aliphatic heterocycles. The summed E-state index contributed by atoms with van der Waals surface area (Å²) in [5.74, 6) is 0.361. The van der Waals surface area contributed by atoms with E-state index in [9.17, 15) is 4.79 Å². The molecule has 0 saturated carbocycles. The Morgan fingerprint density at radius 3 is 3.20 bits per heavy atom. The predicted molar refractivity (Wildman–Crippen MR) is 58.1 cm³/mol. The smallest absolute Gasteiger partial charge is 0.245 e. The molecular weight excluding hydrogens is 216 g/mol. The molecule has 0 aliphatic carbocycles. The number of hydrazine groups is 1. The highest BCUT2D eigenvalue weighted by molar-refractivity contribution is 6.65. The van der Waals surface area contributed by atoms with Crippen LogP contribution >= 0.6 is 11.6 Å². The number of halogens is 1. The molecule has 0 atom stereocenters. The number of hydrogen-bond donors (Lipinski definition) is 1. The molecule has 0 spiro atoms. The molecule has 5 nitrogen and oxygen atoms in total. The van der Waals surface area contributed by atoms with E-state index in [0.29, 0.717) is 17.9 Å². The Bertz CT molecular complexity index is 432. The second-order valence-electron chi connectivity index (χ2n) is 2.94. The summed E-state index contributed by atoms with van der Waals surface area (Å²) in [6, 6.07) is 3.50. The average Bonchev–Trinajstić information content (AvgIpc) is 2.26. The van der Waals surface area contributed by atoms with E-state index in [1.165, 1.54) is 5.01 Å². The lowest BCUT2D eigenvalue weighted by molar-refractivity contribution is -0.118. The highest BCUT2D eigenvalue weighted by atomic mass is 35.5. The van der Waals surface area contributed by atoms with Gasteiger partial charge in [-0.05, 0) is 23.7 Å². The van der Waals surface area contributed by atoms with E-state index < -0.39 is 0 Å². The number of hydrogen-bond acceptors (Lipinski definition) is 4. The van der Waals surface area contributed by atoms with Crippen LogP contribution in [0.15, 0.2) is 23.3 Å². The number of rotatable bonds is 1. The molecule has 0 saturated heterocycles. The maximum absolute atomic E-state index is 11.6. The fraction of sp³-hybridized carbons (Fsp3) is 0.222. The Balaban J connectivity index is 2.46. The summed E-state index contributed by atoms with van der Waals surface area (Å²) in [5, 5.41) is 1.50. The Labute approximate surface area is 91.7 Å². The maximum atomic E-state index is 11.6. The van der Waals surface area contributed by atoms with E-state index >= 15 is 0 Å². The van der Waals surface area contributed by atoms with Crippen LogP contribution in [-0.2, 0) is 4.79 Å². The van der Waals surface area contributed by atoms with Gasteiger partial charge in [-0.2, -0.15) is 4.99 Å². The second kappa shape index (κ2) is 3.86. The van der Waals surface area contributed by atoms with E-state index in [1.807, 2.05) is 0 Å². The number of fused-ring (bicyclic) bond motifs is 1. The number of amidine groups is 1. The summed E-state index contributed by atoms with van der Waals surface area (Å²) in [6.45, 7) is 1.78. The number of carbonyl (C=O) groups is 1. The van der Waals surface area contributed by atoms with E-state index in [4.69, 9.17) is 11.6 Å². The Kier molecular flexibility index (Phi) is 2.55. The van der Waals surface area contributed by atoms with Crippen LogP contribution in [0.5, 0.6) is 0 Å². The van der Waals surface area contributed by atoms with Gasteiger partial charge in [0.15, 0.2) is 5.82 Å². The number of pyridine rings is 1. The number of carbonyl (C=O) groups excluding carboxylic acids is 1. The molecule has 6 heteroatoms. The van der Waals surface area contributed by atoms with Gasteiger partial charge in [-0.1, -0.05) is 6.92 Å². The standard InChI is InChI=1S/C9H9ClN4O/c1-2-7(15)14-6-4-3-5-11-8(6)12-9(10)13-14/h3-5H,2H2,1H3,(H,11,12,13). The van der Waals surface area contributed by atoms with Crippen molar-refractivity contribution in [3.8, 4) is 0 Å². The first-order valence-electron chi connectivity index (χ1n) is 4.51. The van der Waals surface area contributed by atoms with E-state index in [2.05, 4.69) is 15.4 Å². The monoisotopic (exact) mass is 224 g/mol. The number of nitrogens with zero attached hydrogens (tertiary/aromatic N) is 3. The highest BCUT2D eigenvalue weighted by Crippen LogP contribution is 2.28. The van der Waals surface area contributed by atoms with Crippen molar-refractivity contribution in [1.82, 2.24) is 10.4 Å². The van der Waals surface area contributed by atoms with Gasteiger partial charge in [0.2, 0.25) is 11.2 Å². The first-order valence-corrected chi connectivity index (χ1v) is 4.89. The van der Waals surface area contributed by atoms with Gasteiger partial charge in [-0.15, -0.1) is 0 Å². The molecule has 78 valence electrons. The van der Waals surface area contributed by atoms with Crippen LogP contribution in [-0.4, -0.2) is 16.2 Å². The third-order valence-corrected chi connectivity index (χ3v) is 2.14. The van der Waals surface area contributed by atoms with Gasteiger partial charge in [-0.25, -0.2) is 9.99 Å². The fourth-order valence-corrected chi connectivity index (χ4v) is 1.44. The lowest BCUT2D eigenvalue weighted by Gasteiger charge is -2.26. The zero-order valence-corrected chi connectivity index (χ0v) is 8.82. The molecule has 1 aliphatic rings. The fourth-order valence-electron chi connectivity index (χ4n) is 1.27. The molecular formula is C9H9ClN4O. The van der Waals surface area contributed by atoms with E-state index in [0.717, 1.165) is 0 Å². The van der Waals surface area contributed by atoms with Crippen LogP contribution in [0.25, 0.3) is 0 Å². The van der Waals surface area contributed by atoms with Crippen LogP contribution in [0, 0.1) is 0 Å². The summed E-state index contributed by atoms with van der Waals surface area (Å²) < 4.78 is 0. The van der Waals surface area contributed by atoms with Crippen LogP contribution < -0.4 is 10.4 Å². The number of aromatic nitrogens is 1. The molecule has 0 fully saturated rings. The number of aliphatic imine (C=N–C) groups is 1. The molecule has 2 rings (SSSR count). The van der Waals surface area contributed by atoms with Crippen molar-refractivity contribution < 1.29 is 4.79 Å². The molecule has 1 aromatic rings. The third-order valence-electron chi connectivity index (χ3n) is 1.97. The van der Waals surface area contributed by atoms with Crippen molar-refractivity contribution in [3.05, 3.63) is 18.3 Å². The minimum absolute atomic E-state index is 0.0858. The average molecular weight is 225 g/mol. The largest absolute Gasteiger partial charge is 0.273 e. The van der Waals surface area contributed by atoms with Crippen molar-refractivity contribution in [2.75, 3.05) is 5.01 Å². The second-order valence-corrected chi connectivity index (χ2v) is 3.30. The van der Waals surface area contributed by atoms with Crippen LogP contribution in [0.1, 0.15) is 13.3 Å². The maximum Gasteiger partial charge on any atom is 0.245 e. The summed E-state index contributed by atoms with van der Waals surface area (Å²) in [5.41, 5.74) is 3.30. The summed E-state index contributed by atoms with van der Waals surface area (Å²) in [7, 11) is 0. The molecule has 1 aromatic heterocycles. The quantitative estimate of drug-likeness (QED) is 0.737. The Morgan fingerprint density at radius 2 is 2.47 bits per heavy atom. The third kappa shape index (κ3) is 1.78. The lowest BCUT2D eigenvalue weighted by atomic mass is 10.3. The molecule has 15 heavy (non-hydrogen) atoms. The highest BCUT2D eigenvalue weighted by Gasteiger charge is 2.22. The van der Waals surface area contributed by atoms with Crippen molar-refractivity contribution in [3.63, 3.8) is 0 Å². The zero-order chi connectivity index (χ0) is 10.8. The van der Waals surface area contributed by atoms with Gasteiger partial charge in [0.25, 0.3) is 0 Å². The van der Waals surface area contributed by atoms with Crippen molar-refractivity contribution >= 4 is 34.3 Å². The number of amides is 1. The molecule has 2 heterocycles. The molecule has 1 amide bonds. The summed E-state index contributed by atoms with van der Waals surface area (Å²) in [6.07, 6.45) is 1.98. The first kappa shape index (κ1) is 9.92. The SMILES string of the molecule is CCC(=O)N1NC(Cl)=Nc2ncccc21. The Hall–Kier alpha value is -1.62. The van der Waals surface area contributed by atoms with Gasteiger partial charge in [-0.3, -0.25) is 10.2 Å². The van der Waals surface area contributed by atoms with Crippen LogP contribution in [0.2, 0.25) is 0 Å². The normalized spacial score (nSPS) is 14.0. The van der Waals surface area contributed by atoms with E-state index in [1.54, 1.807) is 25.3 Å². The minimum Gasteiger partial charge on any atom is -0.273 e. The number of nitrogens with one attached hydrogen (secondary N) is 1. The molecule has 1 N–H and O–H groups in total. The van der Waals surface area contributed by atoms with Gasteiger partial charge in [0.1, 0.15) is 5.69 Å². The molecule has 0 bridgehead atoms. The molecule has 0 unspecified atom stereocenters. The van der Waals surface area contributed by atoms with Crippen LogP contribution in [0.3, 0.4) is 0 Å². The van der Waals surface area contributed by atoms with Gasteiger partial charge >= 0.3 is 0 Å². The summed E-state index contributed by atoms with van der Waals surface area (Å²) in [4.78, 5) is 19.6. The van der Waals surface area contributed by atoms with E-state index in [-0.39, 0.29) is 11.2 Å². The molecule has 0 radical (unpaired) electrons. The number of anilines is 1. The Morgan fingerprint density at radius 1 is 1.67 bits per heavy atom.